The molecular weight excluding hydrogens is 1200 g/mol. The molecule has 0 aliphatic heterocycles. The minimum Gasteiger partial charge on any atom is -0.480 e. The van der Waals surface area contributed by atoms with Gasteiger partial charge in [0.1, 0.15) is 48.3 Å². The van der Waals surface area contributed by atoms with Gasteiger partial charge >= 0.3 is 5.97 Å². The Kier molecular flexibility index (Phi) is 42.8. The van der Waals surface area contributed by atoms with Gasteiger partial charge in [-0.1, -0.05) is 13.8 Å². The number of carboxylic acids is 1. The molecule has 0 bridgehead atoms. The summed E-state index contributed by atoms with van der Waals surface area (Å²) in [5.41, 5.74) is 83.7. The van der Waals surface area contributed by atoms with Crippen molar-refractivity contribution in [3.63, 3.8) is 0 Å². The van der Waals surface area contributed by atoms with Gasteiger partial charge in [-0.05, 0) is 135 Å². The maximum absolute atomic E-state index is 14.6. The summed E-state index contributed by atoms with van der Waals surface area (Å²) in [6.07, 6.45) is 2.32. The Morgan fingerprint density at radius 3 is 0.772 bits per heavy atom. The van der Waals surface area contributed by atoms with Crippen molar-refractivity contribution in [2.75, 3.05) is 52.4 Å². The van der Waals surface area contributed by atoms with Crippen LogP contribution in [0.1, 0.15) is 129 Å². The van der Waals surface area contributed by atoms with Crippen LogP contribution in [-0.4, -0.2) is 201 Å². The average molecular weight is 1310 g/mol. The van der Waals surface area contributed by atoms with E-state index in [0.29, 0.717) is 38.6 Å². The van der Waals surface area contributed by atoms with Crippen LogP contribution < -0.4 is 129 Å². The zero-order valence-electron chi connectivity index (χ0n) is 53.1. The summed E-state index contributed by atoms with van der Waals surface area (Å²) in [5.74, 6) is -10.1. The molecule has 0 fully saturated rings. The Bertz CT molecular complexity index is 2470. The number of nitrogens with two attached hydrogens (primary N) is 15. The second-order valence-electron chi connectivity index (χ2n) is 21.9. The van der Waals surface area contributed by atoms with Crippen LogP contribution in [0.25, 0.3) is 0 Å². The van der Waals surface area contributed by atoms with E-state index in [0.717, 1.165) is 0 Å². The van der Waals surface area contributed by atoms with Crippen LogP contribution in [0.15, 0.2) is 30.0 Å². The first-order chi connectivity index (χ1) is 43.4. The van der Waals surface area contributed by atoms with Gasteiger partial charge in [-0.15, -0.1) is 0 Å². The summed E-state index contributed by atoms with van der Waals surface area (Å²) in [4.78, 5) is 149. The molecule has 39 N–H and O–H groups in total. The van der Waals surface area contributed by atoms with Gasteiger partial charge in [-0.3, -0.25) is 68.3 Å². The third kappa shape index (κ3) is 39.0. The summed E-state index contributed by atoms with van der Waals surface area (Å²) in [7, 11) is 0. The zero-order valence-corrected chi connectivity index (χ0v) is 53.1. The normalized spacial score (nSPS) is 13.8. The number of carbonyl (C=O) groups excluding carboxylic acids is 8. The van der Waals surface area contributed by atoms with Crippen LogP contribution in [0.5, 0.6) is 0 Å². The van der Waals surface area contributed by atoms with Crippen molar-refractivity contribution in [1.29, 1.82) is 0 Å². The summed E-state index contributed by atoms with van der Waals surface area (Å²) in [6, 6.07) is -12.1. The number of hydrogen-bond acceptors (Lipinski definition) is 18. The highest BCUT2D eigenvalue weighted by Gasteiger charge is 2.36. The number of guanidine groups is 6. The lowest BCUT2D eigenvalue weighted by Crippen LogP contribution is -2.61. The van der Waals surface area contributed by atoms with Crippen molar-refractivity contribution in [3.05, 3.63) is 0 Å². The molecule has 92 heavy (non-hydrogen) atoms. The zero-order chi connectivity index (χ0) is 69.7. The average Bonchev–Trinajstić information content (AvgIpc) is 1.02. The predicted molar refractivity (Wildman–Crippen MR) is 351 cm³/mol. The number of carboxylic acid groups (broad SMARTS) is 1. The van der Waals surface area contributed by atoms with E-state index in [1.165, 1.54) is 0 Å². The molecule has 8 amide bonds. The van der Waals surface area contributed by atoms with E-state index in [4.69, 9.17) is 86.0 Å². The molecule has 0 spiro atoms. The molecule has 9 atom stereocenters. The summed E-state index contributed by atoms with van der Waals surface area (Å²) in [5, 5.41) is 31.1. The third-order valence-electron chi connectivity index (χ3n) is 13.6. The highest BCUT2D eigenvalue weighted by Crippen LogP contribution is 2.13. The van der Waals surface area contributed by atoms with Crippen LogP contribution >= 0.6 is 0 Å². The lowest BCUT2D eigenvalue weighted by atomic mass is 10.00. The fraction of sp³-hybridized carbons (Fsp3) is 0.717. The molecule has 0 unspecified atom stereocenters. The smallest absolute Gasteiger partial charge is 0.326 e. The highest BCUT2D eigenvalue weighted by atomic mass is 16.4. The fourth-order valence-electron chi connectivity index (χ4n) is 8.71. The molecule has 0 aliphatic rings. The second-order valence-corrected chi connectivity index (χ2v) is 21.9. The first-order valence-corrected chi connectivity index (χ1v) is 30.6. The van der Waals surface area contributed by atoms with E-state index in [1.807, 2.05) is 0 Å². The Morgan fingerprint density at radius 1 is 0.304 bits per heavy atom. The molecule has 0 aromatic rings. The quantitative estimate of drug-likeness (QED) is 0.0153. The SMILES string of the molecule is CC(C)[C@H](NC(=O)[C@@H](CCCN=C(N)N)NC(=O)[C@H](CCCN=C(N)N)NC(=O)[C@H](CCCCN)NC(=O)[C@H](CCCCN)NC(=O)[C@H](N)CCCN=C(N)N)C(=O)N[C@@H](CCCN=C(N)N)C(=O)N[C@@H](CCCN=C(N)N)C(=O)N[C@H](CCCN=C(N)N)C(=O)O. The largest absolute Gasteiger partial charge is 0.480 e. The molecule has 0 rings (SSSR count). The Hall–Kier alpha value is -9.27. The minimum atomic E-state index is -1.46. The summed E-state index contributed by atoms with van der Waals surface area (Å²) < 4.78 is 0. The summed E-state index contributed by atoms with van der Waals surface area (Å²) in [6.45, 7) is 3.98. The van der Waals surface area contributed by atoms with Crippen molar-refractivity contribution >= 4 is 89.0 Å². The number of rotatable bonds is 50. The fourth-order valence-corrected chi connectivity index (χ4v) is 8.71. The lowest BCUT2D eigenvalue weighted by molar-refractivity contribution is -0.142. The van der Waals surface area contributed by atoms with Gasteiger partial charge in [0.2, 0.25) is 47.3 Å². The second kappa shape index (κ2) is 47.6. The molecule has 0 aromatic heterocycles. The van der Waals surface area contributed by atoms with Crippen molar-refractivity contribution in [3.8, 4) is 0 Å². The predicted octanol–water partition coefficient (Wildman–Crippen LogP) is -9.49. The van der Waals surface area contributed by atoms with Crippen LogP contribution in [0, 0.1) is 5.92 Å². The number of hydrogen-bond donors (Lipinski definition) is 24. The van der Waals surface area contributed by atoms with E-state index in [9.17, 15) is 48.3 Å². The van der Waals surface area contributed by atoms with E-state index in [-0.39, 0.29) is 165 Å². The monoisotopic (exact) mass is 1310 g/mol. The van der Waals surface area contributed by atoms with E-state index in [2.05, 4.69) is 72.5 Å². The maximum Gasteiger partial charge on any atom is 0.326 e. The molecule has 0 aliphatic carbocycles. The first kappa shape index (κ1) is 82.7. The topological polar surface area (TPSA) is 735 Å². The van der Waals surface area contributed by atoms with Gasteiger partial charge in [0.25, 0.3) is 0 Å². The molecule has 0 heterocycles. The van der Waals surface area contributed by atoms with E-state index in [1.54, 1.807) is 13.8 Å². The molecule has 0 radical (unpaired) electrons. The molecule has 524 valence electrons. The van der Waals surface area contributed by atoms with Crippen molar-refractivity contribution in [1.82, 2.24) is 42.5 Å². The number of aliphatic imine (C=N–C) groups is 6. The van der Waals surface area contributed by atoms with Crippen LogP contribution in [0.4, 0.5) is 0 Å². The van der Waals surface area contributed by atoms with Gasteiger partial charge in [0.05, 0.1) is 6.04 Å². The first-order valence-electron chi connectivity index (χ1n) is 30.6. The molecule has 0 aromatic carbocycles. The Morgan fingerprint density at radius 2 is 0.522 bits per heavy atom. The van der Waals surface area contributed by atoms with Gasteiger partial charge < -0.3 is 134 Å². The van der Waals surface area contributed by atoms with Crippen LogP contribution in [0.3, 0.4) is 0 Å². The molecule has 0 saturated heterocycles. The number of amides is 8. The standard InChI is InChI=1S/C53H107N29O10/c1-29(2)38(46(90)80-35(18-10-26-72-51(63)64)43(87)78-34(17-9-25-71-50(61)62)44(88)81-37(47(91)92)20-12-28-74-53(67)68)82-45(89)36(19-11-27-73-52(65)66)79-42(86)33(16-8-24-70-49(59)60)77-41(85)32(15-4-6-22-55)76-40(84)31(14-3-5-21-54)75-39(83)30(56)13-7-23-69-48(57)58/h29-38H,3-28,54-56H2,1-2H3,(H,75,83)(H,76,84)(H,77,85)(H,78,87)(H,79,86)(H,80,90)(H,81,88)(H,82,89)(H,91,92)(H4,57,58,69)(H4,59,60,70)(H4,61,62,71)(H4,63,64,72)(H4,65,66,73)(H4,67,68,74)/t30-,31+,32+,33+,34+,35+,36-,37-,38+/m1/s1. The molecular formula is C53H107N29O10. The molecule has 39 heteroatoms. The van der Waals surface area contributed by atoms with Crippen molar-refractivity contribution < 1.29 is 48.3 Å². The van der Waals surface area contributed by atoms with Gasteiger partial charge in [-0.2, -0.15) is 0 Å². The number of nitrogens with zero attached hydrogens (tertiary/aromatic N) is 6. The summed E-state index contributed by atoms with van der Waals surface area (Å²) >= 11 is 0. The van der Waals surface area contributed by atoms with Crippen molar-refractivity contribution in [2.45, 2.75) is 184 Å². The van der Waals surface area contributed by atoms with Gasteiger partial charge in [0, 0.05) is 39.3 Å². The minimum absolute atomic E-state index is 0.00141. The number of nitrogens with one attached hydrogen (secondary N) is 8. The van der Waals surface area contributed by atoms with Crippen LogP contribution in [-0.2, 0) is 43.2 Å². The van der Waals surface area contributed by atoms with Gasteiger partial charge in [-0.25, -0.2) is 4.79 Å². The van der Waals surface area contributed by atoms with E-state index < -0.39 is 114 Å². The van der Waals surface area contributed by atoms with Crippen molar-refractivity contribution in [2.24, 2.45) is 122 Å². The molecule has 0 saturated carbocycles. The van der Waals surface area contributed by atoms with Gasteiger partial charge in [0.15, 0.2) is 35.8 Å². The van der Waals surface area contributed by atoms with Crippen LogP contribution in [0.2, 0.25) is 0 Å². The maximum atomic E-state index is 14.6. The third-order valence-corrected chi connectivity index (χ3v) is 13.6. The van der Waals surface area contributed by atoms with E-state index >= 15 is 0 Å². The number of carbonyl (C=O) groups is 9. The number of aliphatic carboxylic acids is 1. The Labute approximate surface area is 536 Å². The highest BCUT2D eigenvalue weighted by molar-refractivity contribution is 5.98. The Balaban J connectivity index is 7.30. The number of unbranched alkanes of at least 4 members (excludes halogenated alkanes) is 2. The molecule has 39 nitrogen and oxygen atoms in total. The lowest BCUT2D eigenvalue weighted by Gasteiger charge is -2.29.